The van der Waals surface area contributed by atoms with E-state index in [1.165, 1.54) is 6.20 Å². The van der Waals surface area contributed by atoms with Crippen LogP contribution in [0.15, 0.2) is 42.6 Å². The van der Waals surface area contributed by atoms with Gasteiger partial charge < -0.3 is 10.1 Å². The zero-order chi connectivity index (χ0) is 14.4. The first-order valence-corrected chi connectivity index (χ1v) is 6.69. The van der Waals surface area contributed by atoms with E-state index in [1.807, 2.05) is 36.4 Å². The Hall–Kier alpha value is -2.66. The summed E-state index contributed by atoms with van der Waals surface area (Å²) in [5.41, 5.74) is 3.17. The molecule has 0 radical (unpaired) electrons. The molecule has 1 aromatic carbocycles. The van der Waals surface area contributed by atoms with Gasteiger partial charge in [-0.05, 0) is 23.7 Å². The summed E-state index contributed by atoms with van der Waals surface area (Å²) < 4.78 is 0. The number of nitrogens with zero attached hydrogens (tertiary/aromatic N) is 3. The van der Waals surface area contributed by atoms with Crippen molar-refractivity contribution in [2.75, 3.05) is 0 Å². The van der Waals surface area contributed by atoms with Gasteiger partial charge in [0.15, 0.2) is 0 Å². The molecule has 0 atom stereocenters. The summed E-state index contributed by atoms with van der Waals surface area (Å²) in [6, 6.07) is 11.6. The number of fused-ring (bicyclic) bond motifs is 2. The van der Waals surface area contributed by atoms with Gasteiger partial charge in [-0.2, -0.15) is 0 Å². The number of H-pyrrole nitrogens is 1. The van der Waals surface area contributed by atoms with Gasteiger partial charge in [-0.15, -0.1) is 0 Å². The lowest BCUT2D eigenvalue weighted by molar-refractivity contribution is 0.460. The molecule has 0 unspecified atom stereocenters. The highest BCUT2D eigenvalue weighted by molar-refractivity contribution is 6.28. The van der Waals surface area contributed by atoms with E-state index in [-0.39, 0.29) is 11.2 Å². The smallest absolute Gasteiger partial charge is 0.223 e. The molecule has 4 aromatic rings. The normalized spacial score (nSPS) is 11.3. The number of hydrogen-bond donors (Lipinski definition) is 2. The highest BCUT2D eigenvalue weighted by Crippen LogP contribution is 2.35. The summed E-state index contributed by atoms with van der Waals surface area (Å²) in [4.78, 5) is 15.5. The summed E-state index contributed by atoms with van der Waals surface area (Å²) in [6.07, 6.45) is 1.54. The van der Waals surface area contributed by atoms with Gasteiger partial charge in [-0.3, -0.25) is 0 Å². The summed E-state index contributed by atoms with van der Waals surface area (Å²) in [5.74, 6) is 0.00403. The zero-order valence-corrected chi connectivity index (χ0v) is 11.5. The molecule has 2 N–H and O–H groups in total. The molecule has 3 aromatic heterocycles. The Morgan fingerprint density at radius 1 is 1.05 bits per heavy atom. The van der Waals surface area contributed by atoms with E-state index in [9.17, 15) is 5.11 Å². The van der Waals surface area contributed by atoms with Gasteiger partial charge in [0.2, 0.25) is 11.2 Å². The molecule has 0 amide bonds. The molecule has 0 aliphatic heterocycles. The fraction of sp³-hybridized carbons (Fsp3) is 0. The zero-order valence-electron chi connectivity index (χ0n) is 10.7. The van der Waals surface area contributed by atoms with E-state index < -0.39 is 0 Å². The first-order chi connectivity index (χ1) is 10.2. The van der Waals surface area contributed by atoms with Crippen LogP contribution >= 0.6 is 11.6 Å². The van der Waals surface area contributed by atoms with Crippen molar-refractivity contribution in [1.29, 1.82) is 0 Å². The minimum atomic E-state index is 0.00403. The second-order valence-electron chi connectivity index (χ2n) is 4.64. The lowest BCUT2D eigenvalue weighted by Crippen LogP contribution is -1.87. The number of aromatic nitrogens is 4. The Morgan fingerprint density at radius 2 is 1.90 bits per heavy atom. The summed E-state index contributed by atoms with van der Waals surface area (Å²) in [5, 5.41) is 11.3. The molecule has 21 heavy (non-hydrogen) atoms. The number of pyridine rings is 1. The SMILES string of the molecule is Oc1[nH]c2cnc(Cl)nc2c1-c1ccc2ccccc2n1. The number of hydrogen-bond acceptors (Lipinski definition) is 4. The monoisotopic (exact) mass is 296 g/mol. The minimum Gasteiger partial charge on any atom is -0.494 e. The van der Waals surface area contributed by atoms with E-state index >= 15 is 0 Å². The van der Waals surface area contributed by atoms with E-state index in [1.54, 1.807) is 0 Å². The first kappa shape index (κ1) is 12.1. The van der Waals surface area contributed by atoms with Crippen LogP contribution in [-0.4, -0.2) is 25.0 Å². The largest absolute Gasteiger partial charge is 0.494 e. The third-order valence-corrected chi connectivity index (χ3v) is 3.52. The molecule has 4 rings (SSSR count). The molecule has 0 fully saturated rings. The minimum absolute atomic E-state index is 0.00403. The van der Waals surface area contributed by atoms with Crippen molar-refractivity contribution < 1.29 is 5.11 Å². The van der Waals surface area contributed by atoms with Crippen LogP contribution in [0, 0.1) is 0 Å². The summed E-state index contributed by atoms with van der Waals surface area (Å²) >= 11 is 5.84. The van der Waals surface area contributed by atoms with Gasteiger partial charge in [0.05, 0.1) is 28.5 Å². The Balaban J connectivity index is 2.03. The Labute approximate surface area is 124 Å². The van der Waals surface area contributed by atoms with Crippen molar-refractivity contribution in [1.82, 2.24) is 19.9 Å². The molecule has 3 heterocycles. The fourth-order valence-electron chi connectivity index (χ4n) is 2.39. The van der Waals surface area contributed by atoms with Gasteiger partial charge in [-0.1, -0.05) is 24.3 Å². The molecule has 0 aliphatic carbocycles. The van der Waals surface area contributed by atoms with Crippen LogP contribution in [0.2, 0.25) is 5.28 Å². The van der Waals surface area contributed by atoms with Crippen LogP contribution < -0.4 is 0 Å². The lowest BCUT2D eigenvalue weighted by atomic mass is 10.1. The fourth-order valence-corrected chi connectivity index (χ4v) is 2.53. The maximum atomic E-state index is 10.1. The van der Waals surface area contributed by atoms with Gasteiger partial charge >= 0.3 is 0 Å². The van der Waals surface area contributed by atoms with Gasteiger partial charge in [0.1, 0.15) is 5.52 Å². The van der Waals surface area contributed by atoms with E-state index in [0.717, 1.165) is 10.9 Å². The number of para-hydroxylation sites is 1. The van der Waals surface area contributed by atoms with Crippen molar-refractivity contribution in [3.63, 3.8) is 0 Å². The van der Waals surface area contributed by atoms with Crippen LogP contribution in [0.4, 0.5) is 0 Å². The number of rotatable bonds is 1. The van der Waals surface area contributed by atoms with Crippen molar-refractivity contribution in [3.8, 4) is 17.1 Å². The van der Waals surface area contributed by atoms with E-state index in [0.29, 0.717) is 22.3 Å². The maximum absolute atomic E-state index is 10.1. The van der Waals surface area contributed by atoms with Gasteiger partial charge in [0.25, 0.3) is 0 Å². The Kier molecular flexibility index (Phi) is 2.55. The van der Waals surface area contributed by atoms with E-state index in [4.69, 9.17) is 11.6 Å². The number of nitrogens with one attached hydrogen (secondary N) is 1. The van der Waals surface area contributed by atoms with Crippen LogP contribution in [0.1, 0.15) is 0 Å². The third kappa shape index (κ3) is 1.90. The van der Waals surface area contributed by atoms with Crippen LogP contribution in [-0.2, 0) is 0 Å². The van der Waals surface area contributed by atoms with Crippen molar-refractivity contribution in [2.24, 2.45) is 0 Å². The van der Waals surface area contributed by atoms with Gasteiger partial charge in [-0.25, -0.2) is 15.0 Å². The predicted molar refractivity (Wildman–Crippen MR) is 81.3 cm³/mol. The number of benzene rings is 1. The van der Waals surface area contributed by atoms with Crippen molar-refractivity contribution in [2.45, 2.75) is 0 Å². The molecule has 0 saturated heterocycles. The number of halogens is 1. The third-order valence-electron chi connectivity index (χ3n) is 3.34. The Morgan fingerprint density at radius 3 is 2.81 bits per heavy atom. The molecular formula is C15H9ClN4O. The maximum Gasteiger partial charge on any atom is 0.223 e. The highest BCUT2D eigenvalue weighted by atomic mass is 35.5. The summed E-state index contributed by atoms with van der Waals surface area (Å²) in [6.45, 7) is 0. The summed E-state index contributed by atoms with van der Waals surface area (Å²) in [7, 11) is 0. The molecule has 0 aliphatic rings. The molecular weight excluding hydrogens is 288 g/mol. The predicted octanol–water partition coefficient (Wildman–Crippen LogP) is 3.53. The first-order valence-electron chi connectivity index (χ1n) is 6.32. The van der Waals surface area contributed by atoms with Crippen molar-refractivity contribution >= 4 is 33.5 Å². The quantitative estimate of drug-likeness (QED) is 0.527. The van der Waals surface area contributed by atoms with Crippen LogP contribution in [0.25, 0.3) is 33.2 Å². The molecule has 102 valence electrons. The number of aromatic hydroxyl groups is 1. The Bertz CT molecular complexity index is 980. The van der Waals surface area contributed by atoms with Crippen LogP contribution in [0.5, 0.6) is 5.88 Å². The molecule has 5 nitrogen and oxygen atoms in total. The molecule has 0 spiro atoms. The average molecular weight is 297 g/mol. The molecule has 6 heteroatoms. The number of aromatic amines is 1. The second kappa shape index (κ2) is 4.43. The topological polar surface area (TPSA) is 74.7 Å². The van der Waals surface area contributed by atoms with Gasteiger partial charge in [0, 0.05) is 5.39 Å². The van der Waals surface area contributed by atoms with Crippen molar-refractivity contribution in [3.05, 3.63) is 47.9 Å². The van der Waals surface area contributed by atoms with E-state index in [2.05, 4.69) is 19.9 Å². The second-order valence-corrected chi connectivity index (χ2v) is 4.98. The molecule has 0 saturated carbocycles. The molecule has 0 bridgehead atoms. The average Bonchev–Trinajstić information content (AvgIpc) is 2.82. The lowest BCUT2D eigenvalue weighted by Gasteiger charge is -2.02. The highest BCUT2D eigenvalue weighted by Gasteiger charge is 2.16. The van der Waals surface area contributed by atoms with Crippen LogP contribution in [0.3, 0.4) is 0 Å². The standard InChI is InChI=1S/C15H9ClN4O/c16-15-17-7-11-13(20-15)12(14(21)19-11)10-6-5-8-3-1-2-4-9(8)18-10/h1-7,19,21H.